The summed E-state index contributed by atoms with van der Waals surface area (Å²) in [6.45, 7) is 1.83. The van der Waals surface area contributed by atoms with Crippen molar-refractivity contribution in [2.45, 2.75) is 19.6 Å². The number of aromatic amines is 1. The smallest absolute Gasteiger partial charge is 0.327 e. The molecule has 2 aromatic rings. The second kappa shape index (κ2) is 6.04. The zero-order valence-electron chi connectivity index (χ0n) is 11.5. The molecular formula is C13H13F3N4O2. The molecule has 0 aliphatic carbocycles. The summed E-state index contributed by atoms with van der Waals surface area (Å²) in [6, 6.07) is 2.29. The fourth-order valence-corrected chi connectivity index (χ4v) is 1.77. The van der Waals surface area contributed by atoms with Crippen LogP contribution < -0.4 is 10.9 Å². The van der Waals surface area contributed by atoms with E-state index in [4.69, 9.17) is 0 Å². The van der Waals surface area contributed by atoms with Crippen molar-refractivity contribution < 1.29 is 18.0 Å². The average molecular weight is 314 g/mol. The highest BCUT2D eigenvalue weighted by Gasteiger charge is 2.31. The minimum absolute atomic E-state index is 0.246. The number of alkyl halides is 3. The molecule has 1 atom stereocenters. The van der Waals surface area contributed by atoms with Gasteiger partial charge in [0, 0.05) is 18.6 Å². The molecule has 0 aliphatic heterocycles. The zero-order chi connectivity index (χ0) is 16.3. The van der Waals surface area contributed by atoms with Gasteiger partial charge in [0.2, 0.25) is 5.91 Å². The van der Waals surface area contributed by atoms with E-state index < -0.39 is 34.8 Å². The number of nitrogens with zero attached hydrogens (tertiary/aromatic N) is 2. The summed E-state index contributed by atoms with van der Waals surface area (Å²) in [5, 5.41) is 6.14. The van der Waals surface area contributed by atoms with Gasteiger partial charge in [0.25, 0.3) is 5.56 Å². The van der Waals surface area contributed by atoms with Gasteiger partial charge in [-0.25, -0.2) is 0 Å². The van der Waals surface area contributed by atoms with Gasteiger partial charge in [0.05, 0.1) is 18.0 Å². The lowest BCUT2D eigenvalue weighted by molar-refractivity contribution is -0.137. The first-order valence-corrected chi connectivity index (χ1v) is 6.35. The summed E-state index contributed by atoms with van der Waals surface area (Å²) >= 11 is 0. The molecule has 0 fully saturated rings. The number of halogens is 3. The van der Waals surface area contributed by atoms with Crippen LogP contribution in [0.5, 0.6) is 0 Å². The van der Waals surface area contributed by atoms with Crippen molar-refractivity contribution in [1.82, 2.24) is 14.8 Å². The highest BCUT2D eigenvalue weighted by molar-refractivity contribution is 5.92. The van der Waals surface area contributed by atoms with Crippen molar-refractivity contribution in [2.75, 3.05) is 5.32 Å². The summed E-state index contributed by atoms with van der Waals surface area (Å²) in [7, 11) is 0. The Hall–Kier alpha value is -2.58. The Bertz CT molecular complexity index is 707. The average Bonchev–Trinajstić information content (AvgIpc) is 2.92. The van der Waals surface area contributed by atoms with Gasteiger partial charge in [0.15, 0.2) is 0 Å². The number of anilines is 1. The third-order valence-electron chi connectivity index (χ3n) is 2.96. The Kier molecular flexibility index (Phi) is 4.34. The van der Waals surface area contributed by atoms with E-state index in [0.29, 0.717) is 12.3 Å². The number of aromatic nitrogens is 3. The third-order valence-corrected chi connectivity index (χ3v) is 2.96. The monoisotopic (exact) mass is 314 g/mol. The van der Waals surface area contributed by atoms with Crippen LogP contribution in [-0.4, -0.2) is 20.7 Å². The van der Waals surface area contributed by atoms with Crippen LogP contribution in [0.4, 0.5) is 18.9 Å². The molecule has 0 radical (unpaired) electrons. The van der Waals surface area contributed by atoms with Crippen molar-refractivity contribution in [3.05, 3.63) is 46.6 Å². The number of hydrogen-bond acceptors (Lipinski definition) is 3. The van der Waals surface area contributed by atoms with Gasteiger partial charge in [-0.05, 0) is 12.1 Å². The molecule has 0 saturated heterocycles. The molecule has 2 rings (SSSR count). The molecule has 22 heavy (non-hydrogen) atoms. The van der Waals surface area contributed by atoms with Crippen LogP contribution in [0.1, 0.15) is 12.5 Å². The Morgan fingerprint density at radius 3 is 2.82 bits per heavy atom. The summed E-state index contributed by atoms with van der Waals surface area (Å²) < 4.78 is 39.3. The van der Waals surface area contributed by atoms with Crippen molar-refractivity contribution in [1.29, 1.82) is 0 Å². The lowest BCUT2D eigenvalue weighted by atomic mass is 10.1. The molecule has 118 valence electrons. The normalized spacial score (nSPS) is 12.9. The van der Waals surface area contributed by atoms with Gasteiger partial charge < -0.3 is 10.3 Å². The number of pyridine rings is 1. The van der Waals surface area contributed by atoms with E-state index in [-0.39, 0.29) is 6.54 Å². The number of H-pyrrole nitrogens is 1. The predicted molar refractivity (Wildman–Crippen MR) is 72.1 cm³/mol. The number of carbonyl (C=O) groups is 1. The first-order chi connectivity index (χ1) is 10.3. The van der Waals surface area contributed by atoms with Crippen molar-refractivity contribution in [3.63, 3.8) is 0 Å². The molecule has 0 unspecified atom stereocenters. The van der Waals surface area contributed by atoms with Crippen molar-refractivity contribution in [3.8, 4) is 0 Å². The summed E-state index contributed by atoms with van der Waals surface area (Å²) in [5.74, 6) is -1.14. The predicted octanol–water partition coefficient (Wildman–Crippen LogP) is 1.86. The number of amides is 1. The minimum Gasteiger partial charge on any atom is -0.327 e. The molecule has 0 spiro atoms. The molecule has 1 amide bonds. The Morgan fingerprint density at radius 1 is 1.50 bits per heavy atom. The Morgan fingerprint density at radius 2 is 2.23 bits per heavy atom. The second-order valence-corrected chi connectivity index (χ2v) is 4.75. The largest absolute Gasteiger partial charge is 0.417 e. The fourth-order valence-electron chi connectivity index (χ4n) is 1.77. The first kappa shape index (κ1) is 15.8. The molecule has 0 aromatic carbocycles. The maximum Gasteiger partial charge on any atom is 0.417 e. The van der Waals surface area contributed by atoms with Crippen LogP contribution in [0.3, 0.4) is 0 Å². The lowest BCUT2D eigenvalue weighted by Crippen LogP contribution is -2.28. The van der Waals surface area contributed by atoms with E-state index in [1.807, 2.05) is 4.98 Å². The van der Waals surface area contributed by atoms with Crippen LogP contribution in [0, 0.1) is 5.92 Å². The summed E-state index contributed by atoms with van der Waals surface area (Å²) in [6.07, 6.45) is -0.849. The number of hydrogen-bond donors (Lipinski definition) is 2. The summed E-state index contributed by atoms with van der Waals surface area (Å²) in [5.41, 5.74) is -2.28. The van der Waals surface area contributed by atoms with E-state index in [1.54, 1.807) is 25.4 Å². The van der Waals surface area contributed by atoms with Gasteiger partial charge in [-0.1, -0.05) is 6.92 Å². The maximum absolute atomic E-state index is 12.6. The van der Waals surface area contributed by atoms with Crippen LogP contribution in [-0.2, 0) is 17.5 Å². The molecule has 6 nitrogen and oxygen atoms in total. The Labute approximate surface area is 123 Å². The van der Waals surface area contributed by atoms with Crippen molar-refractivity contribution in [2.24, 2.45) is 5.92 Å². The van der Waals surface area contributed by atoms with E-state index >= 15 is 0 Å². The highest BCUT2D eigenvalue weighted by atomic mass is 19.4. The molecule has 0 saturated carbocycles. The molecule has 0 bridgehead atoms. The van der Waals surface area contributed by atoms with Gasteiger partial charge in [-0.2, -0.15) is 18.3 Å². The minimum atomic E-state index is -4.61. The molecule has 9 heteroatoms. The SMILES string of the molecule is C[C@@H](Cn1cccn1)C(=O)Nc1cc(C(F)(F)F)c[nH]c1=O. The first-order valence-electron chi connectivity index (χ1n) is 6.35. The van der Waals surface area contributed by atoms with Gasteiger partial charge >= 0.3 is 6.18 Å². The van der Waals surface area contributed by atoms with Crippen LogP contribution in [0.15, 0.2) is 35.5 Å². The van der Waals surface area contributed by atoms with E-state index in [0.717, 1.165) is 0 Å². The molecule has 2 N–H and O–H groups in total. The molecule has 2 aromatic heterocycles. The Balaban J connectivity index is 2.12. The lowest BCUT2D eigenvalue weighted by Gasteiger charge is -2.13. The zero-order valence-corrected chi connectivity index (χ0v) is 11.5. The summed E-state index contributed by atoms with van der Waals surface area (Å²) in [4.78, 5) is 25.4. The van der Waals surface area contributed by atoms with Gasteiger partial charge in [-0.3, -0.25) is 14.3 Å². The van der Waals surface area contributed by atoms with E-state index in [1.165, 1.54) is 4.68 Å². The fraction of sp³-hybridized carbons (Fsp3) is 0.308. The second-order valence-electron chi connectivity index (χ2n) is 4.75. The number of nitrogens with one attached hydrogen (secondary N) is 2. The van der Waals surface area contributed by atoms with Crippen LogP contribution >= 0.6 is 0 Å². The van der Waals surface area contributed by atoms with Crippen LogP contribution in [0.2, 0.25) is 0 Å². The van der Waals surface area contributed by atoms with Gasteiger partial charge in [0.1, 0.15) is 5.69 Å². The van der Waals surface area contributed by atoms with Crippen molar-refractivity contribution >= 4 is 11.6 Å². The number of rotatable bonds is 4. The molecular weight excluding hydrogens is 301 g/mol. The quantitative estimate of drug-likeness (QED) is 0.904. The highest BCUT2D eigenvalue weighted by Crippen LogP contribution is 2.29. The van der Waals surface area contributed by atoms with Gasteiger partial charge in [-0.15, -0.1) is 0 Å². The van der Waals surface area contributed by atoms with Crippen LogP contribution in [0.25, 0.3) is 0 Å². The third kappa shape index (κ3) is 3.74. The standard InChI is InChI=1S/C13H13F3N4O2/c1-8(7-20-4-2-3-18-20)11(21)19-10-5-9(13(14,15)16)6-17-12(10)22/h2-6,8H,7H2,1H3,(H,17,22)(H,19,21)/t8-/m0/s1. The number of carbonyl (C=O) groups excluding carboxylic acids is 1. The molecule has 0 aliphatic rings. The molecule has 2 heterocycles. The topological polar surface area (TPSA) is 79.8 Å². The maximum atomic E-state index is 12.6. The van der Waals surface area contributed by atoms with E-state index in [2.05, 4.69) is 10.4 Å². The van der Waals surface area contributed by atoms with E-state index in [9.17, 15) is 22.8 Å².